The first kappa shape index (κ1) is 19.6. The van der Waals surface area contributed by atoms with Gasteiger partial charge in [0.1, 0.15) is 5.82 Å². The van der Waals surface area contributed by atoms with E-state index in [0.717, 1.165) is 4.90 Å². The molecule has 0 radical (unpaired) electrons. The maximum atomic E-state index is 13.7. The van der Waals surface area contributed by atoms with E-state index in [-0.39, 0.29) is 24.1 Å². The van der Waals surface area contributed by atoms with Gasteiger partial charge in [0.2, 0.25) is 0 Å². The average Bonchev–Trinajstić information content (AvgIpc) is 3.40. The van der Waals surface area contributed by atoms with Gasteiger partial charge in [-0.2, -0.15) is 4.98 Å². The van der Waals surface area contributed by atoms with Crippen LogP contribution in [0.3, 0.4) is 0 Å². The van der Waals surface area contributed by atoms with Crippen molar-refractivity contribution in [3.8, 4) is 11.5 Å². The maximum absolute atomic E-state index is 13.7. The summed E-state index contributed by atoms with van der Waals surface area (Å²) in [4.78, 5) is 31.9. The molecule has 3 aromatic carbocycles. The van der Waals surface area contributed by atoms with Crippen LogP contribution in [0, 0.1) is 5.82 Å². The van der Waals surface area contributed by atoms with Crippen LogP contribution < -0.4 is 5.32 Å². The van der Waals surface area contributed by atoms with E-state index in [1.807, 2.05) is 36.4 Å². The quantitative estimate of drug-likeness (QED) is 0.488. The fourth-order valence-corrected chi connectivity index (χ4v) is 3.82. The molecular weight excluding hydrogens is 411 g/mol. The summed E-state index contributed by atoms with van der Waals surface area (Å²) in [6, 6.07) is 23.2. The maximum Gasteiger partial charge on any atom is 0.325 e. The molecule has 0 atom stereocenters. The molecule has 8 heteroatoms. The van der Waals surface area contributed by atoms with Crippen LogP contribution in [0.15, 0.2) is 89.5 Å². The van der Waals surface area contributed by atoms with Crippen molar-refractivity contribution in [3.63, 3.8) is 0 Å². The number of rotatable bonds is 5. The number of benzene rings is 3. The molecule has 32 heavy (non-hydrogen) atoms. The van der Waals surface area contributed by atoms with Crippen LogP contribution in [0.4, 0.5) is 9.18 Å². The Morgan fingerprint density at radius 3 is 2.06 bits per heavy atom. The summed E-state index contributed by atoms with van der Waals surface area (Å²) in [6.45, 7) is -0.170. The van der Waals surface area contributed by atoms with Gasteiger partial charge in [0.05, 0.1) is 6.54 Å². The standard InChI is InChI=1S/C24H17FN4O3/c25-19-13-11-16(12-14-19)21-26-20(28-32-21)15-29-22(30)24(27-23(29)31,17-7-3-1-4-8-17)18-9-5-2-6-10-18/h1-14H,15H2,(H,27,31). The van der Waals surface area contributed by atoms with Gasteiger partial charge in [0, 0.05) is 5.56 Å². The molecule has 158 valence electrons. The number of aromatic nitrogens is 2. The molecule has 1 N–H and O–H groups in total. The number of halogens is 1. The van der Waals surface area contributed by atoms with E-state index in [2.05, 4.69) is 15.5 Å². The monoisotopic (exact) mass is 428 g/mol. The molecule has 7 nitrogen and oxygen atoms in total. The molecular formula is C24H17FN4O3. The molecule has 0 bridgehead atoms. The van der Waals surface area contributed by atoms with Crippen LogP contribution in [0.2, 0.25) is 0 Å². The average molecular weight is 428 g/mol. The van der Waals surface area contributed by atoms with Gasteiger partial charge in [-0.25, -0.2) is 9.18 Å². The first-order chi connectivity index (χ1) is 15.6. The normalized spacial score (nSPS) is 15.1. The smallest absolute Gasteiger partial charge is 0.325 e. The summed E-state index contributed by atoms with van der Waals surface area (Å²) in [7, 11) is 0. The highest BCUT2D eigenvalue weighted by Gasteiger charge is 2.53. The van der Waals surface area contributed by atoms with Gasteiger partial charge in [0.25, 0.3) is 11.8 Å². The third-order valence-corrected chi connectivity index (χ3v) is 5.38. The van der Waals surface area contributed by atoms with Gasteiger partial charge in [-0.05, 0) is 35.4 Å². The number of urea groups is 1. The highest BCUT2D eigenvalue weighted by molar-refractivity contribution is 6.09. The molecule has 4 aromatic rings. The van der Waals surface area contributed by atoms with Gasteiger partial charge < -0.3 is 9.84 Å². The van der Waals surface area contributed by atoms with E-state index in [4.69, 9.17) is 4.52 Å². The summed E-state index contributed by atoms with van der Waals surface area (Å²) in [5, 5.41) is 6.76. The summed E-state index contributed by atoms with van der Waals surface area (Å²) >= 11 is 0. The largest absolute Gasteiger partial charge is 0.334 e. The van der Waals surface area contributed by atoms with Gasteiger partial charge in [-0.1, -0.05) is 65.8 Å². The summed E-state index contributed by atoms with van der Waals surface area (Å²) in [5.41, 5.74) is 0.466. The van der Waals surface area contributed by atoms with E-state index in [1.54, 1.807) is 24.3 Å². The Morgan fingerprint density at radius 2 is 1.47 bits per heavy atom. The predicted molar refractivity (Wildman–Crippen MR) is 112 cm³/mol. The first-order valence-corrected chi connectivity index (χ1v) is 9.91. The third-order valence-electron chi connectivity index (χ3n) is 5.38. The number of carbonyl (C=O) groups excluding carboxylic acids is 2. The Bertz CT molecular complexity index is 1230. The van der Waals surface area contributed by atoms with Gasteiger partial charge in [-0.15, -0.1) is 0 Å². The van der Waals surface area contributed by atoms with E-state index >= 15 is 0 Å². The van der Waals surface area contributed by atoms with Crippen LogP contribution in [-0.4, -0.2) is 27.0 Å². The van der Waals surface area contributed by atoms with E-state index in [1.165, 1.54) is 24.3 Å². The van der Waals surface area contributed by atoms with Crippen molar-refractivity contribution in [1.82, 2.24) is 20.4 Å². The van der Waals surface area contributed by atoms with Crippen molar-refractivity contribution in [2.45, 2.75) is 12.1 Å². The number of nitrogens with one attached hydrogen (secondary N) is 1. The highest BCUT2D eigenvalue weighted by Crippen LogP contribution is 2.36. The van der Waals surface area contributed by atoms with Crippen LogP contribution in [0.5, 0.6) is 0 Å². The van der Waals surface area contributed by atoms with Crippen LogP contribution in [0.1, 0.15) is 17.0 Å². The minimum absolute atomic E-state index is 0.157. The second-order valence-electron chi connectivity index (χ2n) is 7.33. The van der Waals surface area contributed by atoms with Crippen molar-refractivity contribution in [3.05, 3.63) is 108 Å². The number of imide groups is 1. The fourth-order valence-electron chi connectivity index (χ4n) is 3.82. The molecule has 0 saturated carbocycles. The molecule has 2 heterocycles. The topological polar surface area (TPSA) is 88.3 Å². The molecule has 0 spiro atoms. The van der Waals surface area contributed by atoms with E-state index in [9.17, 15) is 14.0 Å². The summed E-state index contributed by atoms with van der Waals surface area (Å²) in [5.74, 6) is -0.492. The lowest BCUT2D eigenvalue weighted by Crippen LogP contribution is -2.45. The van der Waals surface area contributed by atoms with E-state index < -0.39 is 17.5 Å². The Hall–Kier alpha value is -4.33. The number of carbonyl (C=O) groups is 2. The molecule has 3 amide bonds. The van der Waals surface area contributed by atoms with Crippen LogP contribution in [0.25, 0.3) is 11.5 Å². The second kappa shape index (κ2) is 7.73. The Labute approximate surface area is 182 Å². The lowest BCUT2D eigenvalue weighted by atomic mass is 9.82. The lowest BCUT2D eigenvalue weighted by molar-refractivity contribution is -0.130. The Morgan fingerprint density at radius 1 is 0.875 bits per heavy atom. The number of amides is 3. The number of hydrogen-bond acceptors (Lipinski definition) is 5. The van der Waals surface area contributed by atoms with Gasteiger partial charge in [0.15, 0.2) is 11.4 Å². The minimum atomic E-state index is -1.36. The molecule has 1 aromatic heterocycles. The zero-order chi connectivity index (χ0) is 22.1. The first-order valence-electron chi connectivity index (χ1n) is 9.91. The number of nitrogens with zero attached hydrogens (tertiary/aromatic N) is 3. The van der Waals surface area contributed by atoms with Crippen LogP contribution >= 0.6 is 0 Å². The molecule has 1 saturated heterocycles. The van der Waals surface area contributed by atoms with Gasteiger partial charge in [-0.3, -0.25) is 9.69 Å². The Kier molecular flexibility index (Phi) is 4.74. The lowest BCUT2D eigenvalue weighted by Gasteiger charge is -2.27. The molecule has 0 unspecified atom stereocenters. The minimum Gasteiger partial charge on any atom is -0.334 e. The molecule has 1 fully saturated rings. The zero-order valence-electron chi connectivity index (χ0n) is 16.7. The summed E-state index contributed by atoms with van der Waals surface area (Å²) < 4.78 is 18.4. The SMILES string of the molecule is O=C1NC(c2ccccc2)(c2ccccc2)C(=O)N1Cc1noc(-c2ccc(F)cc2)n1. The van der Waals surface area contributed by atoms with Crippen molar-refractivity contribution in [2.24, 2.45) is 0 Å². The van der Waals surface area contributed by atoms with Crippen LogP contribution in [-0.2, 0) is 16.9 Å². The van der Waals surface area contributed by atoms with Crippen molar-refractivity contribution in [2.75, 3.05) is 0 Å². The third kappa shape index (κ3) is 3.22. The molecule has 1 aliphatic rings. The second-order valence-corrected chi connectivity index (χ2v) is 7.33. The predicted octanol–water partition coefficient (Wildman–Crippen LogP) is 3.87. The van der Waals surface area contributed by atoms with Crippen molar-refractivity contribution >= 4 is 11.9 Å². The van der Waals surface area contributed by atoms with Crippen molar-refractivity contribution < 1.29 is 18.5 Å². The van der Waals surface area contributed by atoms with E-state index in [0.29, 0.717) is 16.7 Å². The fraction of sp³-hybridized carbons (Fsp3) is 0.0833. The number of hydrogen-bond donors (Lipinski definition) is 1. The molecule has 1 aliphatic heterocycles. The molecule has 5 rings (SSSR count). The van der Waals surface area contributed by atoms with Crippen molar-refractivity contribution in [1.29, 1.82) is 0 Å². The van der Waals surface area contributed by atoms with Gasteiger partial charge >= 0.3 is 6.03 Å². The Balaban J connectivity index is 1.48. The molecule has 0 aliphatic carbocycles. The zero-order valence-corrected chi connectivity index (χ0v) is 16.7. The summed E-state index contributed by atoms with van der Waals surface area (Å²) in [6.07, 6.45) is 0. The highest BCUT2D eigenvalue weighted by atomic mass is 19.1.